The average Bonchev–Trinajstić information content (AvgIpc) is 3.16. The summed E-state index contributed by atoms with van der Waals surface area (Å²) in [7, 11) is 0. The summed E-state index contributed by atoms with van der Waals surface area (Å²) in [4.78, 5) is 4.56. The van der Waals surface area contributed by atoms with E-state index in [9.17, 15) is 0 Å². The molecule has 2 unspecified atom stereocenters. The van der Waals surface area contributed by atoms with E-state index in [1.165, 1.54) is 24.1 Å². The molecule has 3 nitrogen and oxygen atoms in total. The van der Waals surface area contributed by atoms with Crippen LogP contribution in [0.4, 0.5) is 0 Å². The summed E-state index contributed by atoms with van der Waals surface area (Å²) in [5.74, 6) is 1.98. The van der Waals surface area contributed by atoms with E-state index in [0.29, 0.717) is 12.1 Å². The van der Waals surface area contributed by atoms with Crippen LogP contribution in [0.1, 0.15) is 63.3 Å². The molecule has 3 rings (SSSR count). The van der Waals surface area contributed by atoms with E-state index in [1.54, 1.807) is 0 Å². The van der Waals surface area contributed by atoms with Gasteiger partial charge in [-0.2, -0.15) is 0 Å². The molecule has 2 heterocycles. The van der Waals surface area contributed by atoms with Gasteiger partial charge in [-0.05, 0) is 55.5 Å². The first-order valence-electron chi connectivity index (χ1n) is 9.86. The van der Waals surface area contributed by atoms with Crippen molar-refractivity contribution in [2.24, 2.45) is 0 Å². The Hall–Kier alpha value is -1.52. The summed E-state index contributed by atoms with van der Waals surface area (Å²) in [5, 5.41) is 0. The van der Waals surface area contributed by atoms with E-state index in [2.05, 4.69) is 59.5 Å². The van der Waals surface area contributed by atoms with Gasteiger partial charge in [-0.15, -0.1) is 0 Å². The fraction of sp³-hybridized carbons (Fsp3) is 0.500. The minimum Gasteiger partial charge on any atom is -0.490 e. The zero-order valence-corrected chi connectivity index (χ0v) is 16.8. The molecule has 2 aromatic rings. The van der Waals surface area contributed by atoms with Crippen molar-refractivity contribution in [3.63, 3.8) is 0 Å². The SMILES string of the molecule is CCCC(CC)Oc1cccc(CSN2CCCC2c2ccccn2)c1. The van der Waals surface area contributed by atoms with Crippen LogP contribution in [0.2, 0.25) is 0 Å². The number of aromatic nitrogens is 1. The normalized spacial score (nSPS) is 18.8. The van der Waals surface area contributed by atoms with Crippen molar-refractivity contribution in [2.45, 2.75) is 63.9 Å². The highest BCUT2D eigenvalue weighted by Crippen LogP contribution is 2.37. The molecule has 0 radical (unpaired) electrons. The van der Waals surface area contributed by atoms with E-state index in [4.69, 9.17) is 4.74 Å². The summed E-state index contributed by atoms with van der Waals surface area (Å²) in [6.07, 6.45) is 8.02. The zero-order valence-electron chi connectivity index (χ0n) is 15.9. The first-order valence-corrected chi connectivity index (χ1v) is 10.8. The molecule has 4 heteroatoms. The third kappa shape index (κ3) is 5.24. The fourth-order valence-electron chi connectivity index (χ4n) is 3.49. The van der Waals surface area contributed by atoms with Crippen molar-refractivity contribution in [3.8, 4) is 5.75 Å². The first kappa shape index (κ1) is 19.2. The van der Waals surface area contributed by atoms with Gasteiger partial charge in [-0.1, -0.05) is 50.4 Å². The van der Waals surface area contributed by atoms with Gasteiger partial charge in [-0.25, -0.2) is 4.31 Å². The van der Waals surface area contributed by atoms with E-state index in [0.717, 1.165) is 37.3 Å². The molecule has 140 valence electrons. The Bertz CT molecular complexity index is 664. The van der Waals surface area contributed by atoms with Crippen molar-refractivity contribution < 1.29 is 4.74 Å². The second-order valence-corrected chi connectivity index (χ2v) is 7.93. The van der Waals surface area contributed by atoms with E-state index in [-0.39, 0.29) is 0 Å². The third-order valence-electron chi connectivity index (χ3n) is 4.90. The molecule has 0 bridgehead atoms. The molecule has 0 N–H and O–H groups in total. The highest BCUT2D eigenvalue weighted by Gasteiger charge is 2.27. The lowest BCUT2D eigenvalue weighted by molar-refractivity contribution is 0.185. The second kappa shape index (κ2) is 9.98. The molecule has 0 amide bonds. The Morgan fingerprint density at radius 1 is 1.23 bits per heavy atom. The van der Waals surface area contributed by atoms with E-state index < -0.39 is 0 Å². The number of nitrogens with zero attached hydrogens (tertiary/aromatic N) is 2. The van der Waals surface area contributed by atoms with Gasteiger partial charge in [0.25, 0.3) is 0 Å². The summed E-state index contributed by atoms with van der Waals surface area (Å²) < 4.78 is 8.68. The standard InChI is InChI=1S/C22H30N2OS/c1-3-9-19(4-2)25-20-11-7-10-18(16-20)17-26-24-15-8-13-22(24)21-12-5-6-14-23-21/h5-7,10-12,14,16,19,22H,3-4,8-9,13,15,17H2,1-2H3. The van der Waals surface area contributed by atoms with Gasteiger partial charge in [0.1, 0.15) is 5.75 Å². The number of ether oxygens (including phenoxy) is 1. The predicted octanol–water partition coefficient (Wildman–Crippen LogP) is 6.02. The lowest BCUT2D eigenvalue weighted by Crippen LogP contribution is -2.16. The van der Waals surface area contributed by atoms with Gasteiger partial charge in [0.05, 0.1) is 17.8 Å². The maximum absolute atomic E-state index is 6.17. The van der Waals surface area contributed by atoms with Crippen molar-refractivity contribution in [2.75, 3.05) is 6.54 Å². The highest BCUT2D eigenvalue weighted by atomic mass is 32.2. The molecule has 1 aliphatic heterocycles. The molecule has 1 fully saturated rings. The molecule has 26 heavy (non-hydrogen) atoms. The van der Waals surface area contributed by atoms with Crippen LogP contribution in [-0.4, -0.2) is 21.9 Å². The molecule has 1 aliphatic rings. The van der Waals surface area contributed by atoms with E-state index in [1.807, 2.05) is 24.2 Å². The van der Waals surface area contributed by atoms with Crippen LogP contribution in [0.25, 0.3) is 0 Å². The van der Waals surface area contributed by atoms with Gasteiger partial charge >= 0.3 is 0 Å². The number of benzene rings is 1. The largest absolute Gasteiger partial charge is 0.490 e. The molecule has 0 spiro atoms. The maximum atomic E-state index is 6.17. The van der Waals surface area contributed by atoms with Crippen molar-refractivity contribution >= 4 is 11.9 Å². The molecule has 1 aromatic carbocycles. The minimum atomic E-state index is 0.329. The molecule has 0 aliphatic carbocycles. The molecular weight excluding hydrogens is 340 g/mol. The minimum absolute atomic E-state index is 0.329. The van der Waals surface area contributed by atoms with Gasteiger partial charge in [0, 0.05) is 18.5 Å². The first-order chi connectivity index (χ1) is 12.8. The highest BCUT2D eigenvalue weighted by molar-refractivity contribution is 7.96. The number of hydrogen-bond donors (Lipinski definition) is 0. The van der Waals surface area contributed by atoms with Crippen LogP contribution in [-0.2, 0) is 5.75 Å². The molecule has 0 saturated carbocycles. The zero-order chi connectivity index (χ0) is 18.2. The van der Waals surface area contributed by atoms with Crippen LogP contribution in [0, 0.1) is 0 Å². The Balaban J connectivity index is 1.58. The molecule has 2 atom stereocenters. The lowest BCUT2D eigenvalue weighted by atomic mass is 10.1. The number of rotatable bonds is 9. The third-order valence-corrected chi connectivity index (χ3v) is 6.13. The van der Waals surface area contributed by atoms with Gasteiger partial charge < -0.3 is 4.74 Å². The maximum Gasteiger partial charge on any atom is 0.120 e. The molecule has 1 saturated heterocycles. The van der Waals surface area contributed by atoms with Gasteiger partial charge in [0.2, 0.25) is 0 Å². The summed E-state index contributed by atoms with van der Waals surface area (Å²) >= 11 is 1.92. The van der Waals surface area contributed by atoms with Crippen LogP contribution in [0.5, 0.6) is 5.75 Å². The van der Waals surface area contributed by atoms with Crippen molar-refractivity contribution in [3.05, 3.63) is 59.9 Å². The second-order valence-electron chi connectivity index (χ2n) is 6.91. The van der Waals surface area contributed by atoms with Crippen LogP contribution >= 0.6 is 11.9 Å². The van der Waals surface area contributed by atoms with Crippen molar-refractivity contribution in [1.29, 1.82) is 0 Å². The predicted molar refractivity (Wildman–Crippen MR) is 110 cm³/mol. The van der Waals surface area contributed by atoms with E-state index >= 15 is 0 Å². The molecular formula is C22H30N2OS. The monoisotopic (exact) mass is 370 g/mol. The topological polar surface area (TPSA) is 25.4 Å². The Labute approximate surface area is 162 Å². The van der Waals surface area contributed by atoms with Gasteiger partial charge in [0.15, 0.2) is 0 Å². The van der Waals surface area contributed by atoms with Crippen LogP contribution in [0.3, 0.4) is 0 Å². The summed E-state index contributed by atoms with van der Waals surface area (Å²) in [5.41, 5.74) is 2.52. The summed E-state index contributed by atoms with van der Waals surface area (Å²) in [6.45, 7) is 5.55. The number of pyridine rings is 1. The van der Waals surface area contributed by atoms with Gasteiger partial charge in [-0.3, -0.25) is 4.98 Å². The lowest BCUT2D eigenvalue weighted by Gasteiger charge is -2.23. The fourth-order valence-corrected chi connectivity index (χ4v) is 4.64. The smallest absolute Gasteiger partial charge is 0.120 e. The summed E-state index contributed by atoms with van der Waals surface area (Å²) in [6, 6.07) is 15.3. The van der Waals surface area contributed by atoms with Crippen molar-refractivity contribution in [1.82, 2.24) is 9.29 Å². The molecule has 1 aromatic heterocycles. The Morgan fingerprint density at radius 3 is 2.92 bits per heavy atom. The van der Waals surface area contributed by atoms with Crippen LogP contribution < -0.4 is 4.74 Å². The Kier molecular flexibility index (Phi) is 7.39. The number of hydrogen-bond acceptors (Lipinski definition) is 4. The quantitative estimate of drug-likeness (QED) is 0.504. The Morgan fingerprint density at radius 2 is 2.15 bits per heavy atom. The van der Waals surface area contributed by atoms with Crippen LogP contribution in [0.15, 0.2) is 48.7 Å². The average molecular weight is 371 g/mol.